The van der Waals surface area contributed by atoms with Crippen molar-refractivity contribution in [1.82, 2.24) is 4.57 Å². The number of rotatable bonds is 1. The second-order valence-electron chi connectivity index (χ2n) is 8.13. The van der Waals surface area contributed by atoms with E-state index in [0.717, 1.165) is 17.1 Å². The lowest BCUT2D eigenvalue weighted by Crippen LogP contribution is -2.03. The van der Waals surface area contributed by atoms with E-state index in [4.69, 9.17) is 4.42 Å². The van der Waals surface area contributed by atoms with Crippen LogP contribution in [0.2, 0.25) is 0 Å². The maximum atomic E-state index is 6.25. The van der Waals surface area contributed by atoms with Crippen LogP contribution in [0.4, 0.5) is 0 Å². The highest BCUT2D eigenvalue weighted by atomic mass is 16.3. The van der Waals surface area contributed by atoms with Gasteiger partial charge in [-0.1, -0.05) is 43.5 Å². The van der Waals surface area contributed by atoms with Crippen LogP contribution in [0, 0.1) is 0 Å². The molecule has 0 aliphatic heterocycles. The quantitative estimate of drug-likeness (QED) is 0.310. The maximum Gasteiger partial charge on any atom is 0.136 e. The fraction of sp³-hybridized carbons (Fsp3) is 0.280. The molecule has 0 spiro atoms. The van der Waals surface area contributed by atoms with E-state index in [-0.39, 0.29) is 0 Å². The van der Waals surface area contributed by atoms with Gasteiger partial charge in [-0.2, -0.15) is 0 Å². The fourth-order valence-corrected chi connectivity index (χ4v) is 5.14. The topological polar surface area (TPSA) is 18.1 Å². The van der Waals surface area contributed by atoms with Gasteiger partial charge in [-0.05, 0) is 54.7 Å². The van der Waals surface area contributed by atoms with Crippen LogP contribution in [-0.2, 0) is 7.05 Å². The summed E-state index contributed by atoms with van der Waals surface area (Å²) in [6, 6.07) is 20.0. The van der Waals surface area contributed by atoms with E-state index >= 15 is 0 Å². The molecule has 0 N–H and O–H groups in total. The molecule has 0 saturated heterocycles. The lowest BCUT2D eigenvalue weighted by atomic mass is 9.84. The molecule has 27 heavy (non-hydrogen) atoms. The van der Waals surface area contributed by atoms with E-state index in [2.05, 4.69) is 66.2 Å². The summed E-state index contributed by atoms with van der Waals surface area (Å²) in [7, 11) is 2.16. The second-order valence-corrected chi connectivity index (χ2v) is 8.13. The van der Waals surface area contributed by atoms with E-state index in [1.807, 2.05) is 0 Å². The molecule has 2 heterocycles. The van der Waals surface area contributed by atoms with Gasteiger partial charge < -0.3 is 8.98 Å². The van der Waals surface area contributed by atoms with Crippen molar-refractivity contribution in [2.45, 2.75) is 38.0 Å². The molecule has 0 atom stereocenters. The Kier molecular flexibility index (Phi) is 3.19. The zero-order valence-electron chi connectivity index (χ0n) is 15.7. The molecule has 0 amide bonds. The Balaban J connectivity index is 1.63. The summed E-state index contributed by atoms with van der Waals surface area (Å²) >= 11 is 0. The van der Waals surface area contributed by atoms with E-state index in [1.165, 1.54) is 70.2 Å². The van der Waals surface area contributed by atoms with Gasteiger partial charge in [0.15, 0.2) is 0 Å². The zero-order valence-corrected chi connectivity index (χ0v) is 15.7. The molecule has 2 aromatic heterocycles. The minimum Gasteiger partial charge on any atom is -0.456 e. The molecule has 0 unspecified atom stereocenters. The number of aryl methyl sites for hydroxylation is 1. The van der Waals surface area contributed by atoms with Crippen LogP contribution >= 0.6 is 0 Å². The summed E-state index contributed by atoms with van der Waals surface area (Å²) in [5, 5.41) is 5.06. The molecule has 0 bridgehead atoms. The van der Waals surface area contributed by atoms with Crippen molar-refractivity contribution in [2.24, 2.45) is 7.05 Å². The van der Waals surface area contributed by atoms with Gasteiger partial charge in [-0.25, -0.2) is 0 Å². The summed E-state index contributed by atoms with van der Waals surface area (Å²) < 4.78 is 8.55. The van der Waals surface area contributed by atoms with Gasteiger partial charge in [0.2, 0.25) is 0 Å². The summed E-state index contributed by atoms with van der Waals surface area (Å²) in [6.45, 7) is 0. The van der Waals surface area contributed by atoms with Crippen LogP contribution in [-0.4, -0.2) is 4.57 Å². The monoisotopic (exact) mass is 353 g/mol. The third kappa shape index (κ3) is 2.19. The van der Waals surface area contributed by atoms with Gasteiger partial charge in [0.25, 0.3) is 0 Å². The summed E-state index contributed by atoms with van der Waals surface area (Å²) in [5.41, 5.74) is 6.03. The molecule has 1 fully saturated rings. The third-order valence-corrected chi connectivity index (χ3v) is 6.61. The number of nitrogens with zero attached hydrogens (tertiary/aromatic N) is 1. The summed E-state index contributed by atoms with van der Waals surface area (Å²) in [6.07, 6.45) is 6.78. The smallest absolute Gasteiger partial charge is 0.136 e. The molecule has 1 aliphatic carbocycles. The van der Waals surface area contributed by atoms with Crippen LogP contribution in [0.1, 0.15) is 43.6 Å². The highest BCUT2D eigenvalue weighted by molar-refractivity contribution is 6.16. The van der Waals surface area contributed by atoms with Crippen molar-refractivity contribution in [3.05, 3.63) is 60.2 Å². The zero-order chi connectivity index (χ0) is 18.0. The van der Waals surface area contributed by atoms with E-state index in [0.29, 0.717) is 0 Å². The molecule has 5 aromatic rings. The highest BCUT2D eigenvalue weighted by Crippen LogP contribution is 2.39. The van der Waals surface area contributed by atoms with Crippen LogP contribution in [0.5, 0.6) is 0 Å². The molecule has 2 heteroatoms. The predicted octanol–water partition coefficient (Wildman–Crippen LogP) is 7.28. The molecule has 3 aromatic carbocycles. The minimum atomic E-state index is 0.717. The van der Waals surface area contributed by atoms with Gasteiger partial charge in [-0.3, -0.25) is 0 Å². The first-order valence-electron chi connectivity index (χ1n) is 10.1. The average Bonchev–Trinajstić information content (AvgIpc) is 3.22. The van der Waals surface area contributed by atoms with Crippen molar-refractivity contribution in [1.29, 1.82) is 0 Å². The van der Waals surface area contributed by atoms with Gasteiger partial charge >= 0.3 is 0 Å². The minimum absolute atomic E-state index is 0.717. The fourth-order valence-electron chi connectivity index (χ4n) is 5.14. The normalized spacial score (nSPS) is 16.2. The second kappa shape index (κ2) is 5.63. The van der Waals surface area contributed by atoms with E-state index < -0.39 is 0 Å². The Morgan fingerprint density at radius 3 is 2.44 bits per heavy atom. The largest absolute Gasteiger partial charge is 0.456 e. The van der Waals surface area contributed by atoms with Crippen LogP contribution < -0.4 is 0 Å². The Hall–Kier alpha value is -2.74. The molecule has 134 valence electrons. The molecule has 0 radical (unpaired) electrons. The molecule has 6 rings (SSSR count). The Morgan fingerprint density at radius 2 is 1.56 bits per heavy atom. The van der Waals surface area contributed by atoms with Gasteiger partial charge in [-0.15, -0.1) is 0 Å². The van der Waals surface area contributed by atoms with Gasteiger partial charge in [0, 0.05) is 39.6 Å². The molecule has 1 saturated carbocycles. The number of para-hydroxylation sites is 1. The van der Waals surface area contributed by atoms with E-state index in [9.17, 15) is 0 Å². The molecular weight excluding hydrogens is 330 g/mol. The lowest BCUT2D eigenvalue weighted by Gasteiger charge is -2.21. The Morgan fingerprint density at radius 1 is 0.741 bits per heavy atom. The number of fused-ring (bicyclic) bond motifs is 6. The summed E-state index contributed by atoms with van der Waals surface area (Å²) in [5.74, 6) is 0.717. The van der Waals surface area contributed by atoms with Crippen LogP contribution in [0.3, 0.4) is 0 Å². The predicted molar refractivity (Wildman–Crippen MR) is 114 cm³/mol. The van der Waals surface area contributed by atoms with Crippen LogP contribution in [0.15, 0.2) is 59.0 Å². The Bertz CT molecular complexity index is 1310. The molecular formula is C25H23NO. The van der Waals surface area contributed by atoms with E-state index in [1.54, 1.807) is 0 Å². The molecule has 2 nitrogen and oxygen atoms in total. The van der Waals surface area contributed by atoms with Crippen molar-refractivity contribution in [3.63, 3.8) is 0 Å². The Labute approximate surface area is 158 Å². The lowest BCUT2D eigenvalue weighted by molar-refractivity contribution is 0.444. The van der Waals surface area contributed by atoms with Gasteiger partial charge in [0.05, 0.1) is 0 Å². The number of hydrogen-bond acceptors (Lipinski definition) is 1. The first-order valence-corrected chi connectivity index (χ1v) is 10.1. The first kappa shape index (κ1) is 15.3. The first-order chi connectivity index (χ1) is 13.3. The number of hydrogen-bond donors (Lipinski definition) is 0. The third-order valence-electron chi connectivity index (χ3n) is 6.61. The summed E-state index contributed by atoms with van der Waals surface area (Å²) in [4.78, 5) is 0. The number of furan rings is 1. The van der Waals surface area contributed by atoms with Crippen molar-refractivity contribution in [2.75, 3.05) is 0 Å². The van der Waals surface area contributed by atoms with Gasteiger partial charge in [0.1, 0.15) is 11.2 Å². The average molecular weight is 353 g/mol. The molecule has 1 aliphatic rings. The van der Waals surface area contributed by atoms with Crippen molar-refractivity contribution in [3.8, 4) is 0 Å². The van der Waals surface area contributed by atoms with Crippen molar-refractivity contribution < 1.29 is 4.42 Å². The number of aromatic nitrogens is 1. The number of benzene rings is 3. The standard InChI is InChI=1S/C25H23NO/c1-26-22-10-6-5-9-18(22)19-15-25-21(14-23(19)26)20-13-17(11-12-24(20)27-25)16-7-3-2-4-8-16/h5-6,9-16H,2-4,7-8H2,1H3. The van der Waals surface area contributed by atoms with Crippen molar-refractivity contribution >= 4 is 43.7 Å². The maximum absolute atomic E-state index is 6.25. The SMILES string of the molecule is Cn1c2ccccc2c2cc3oc4ccc(C5CCCCC5)cc4c3cc21. The van der Waals surface area contributed by atoms with Crippen LogP contribution in [0.25, 0.3) is 43.7 Å². The highest BCUT2D eigenvalue weighted by Gasteiger charge is 2.18.